The van der Waals surface area contributed by atoms with Gasteiger partial charge < -0.3 is 19.5 Å². The van der Waals surface area contributed by atoms with Crippen LogP contribution in [0.15, 0.2) is 18.2 Å². The fraction of sp³-hybridized carbons (Fsp3) is 0.500. The van der Waals surface area contributed by atoms with Gasteiger partial charge in [-0.05, 0) is 24.6 Å². The molecule has 0 saturated carbocycles. The van der Waals surface area contributed by atoms with E-state index in [1.165, 1.54) is 17.0 Å². The van der Waals surface area contributed by atoms with Crippen molar-refractivity contribution < 1.29 is 33.8 Å². The van der Waals surface area contributed by atoms with E-state index in [-0.39, 0.29) is 43.7 Å². The molecular formula is C20H26N2O7Si. The monoisotopic (exact) mass is 434 g/mol. The topological polar surface area (TPSA) is 113 Å². The number of carboxylic acid groups (broad SMARTS) is 1. The van der Waals surface area contributed by atoms with Gasteiger partial charge in [0, 0.05) is 32.2 Å². The molecule has 1 atom stereocenters. The molecule has 1 aromatic rings. The van der Waals surface area contributed by atoms with Crippen molar-refractivity contribution in [2.24, 2.45) is 0 Å². The molecule has 3 rings (SSSR count). The first-order valence-electron chi connectivity index (χ1n) is 9.84. The minimum absolute atomic E-state index is 0.0482. The van der Waals surface area contributed by atoms with E-state index in [4.69, 9.17) is 14.6 Å². The fourth-order valence-electron chi connectivity index (χ4n) is 3.55. The third-order valence-electron chi connectivity index (χ3n) is 5.23. The van der Waals surface area contributed by atoms with Crippen LogP contribution in [0.2, 0.25) is 25.7 Å². The summed E-state index contributed by atoms with van der Waals surface area (Å²) in [6.07, 6.45) is -1.13. The molecule has 1 unspecified atom stereocenters. The molecule has 10 heteroatoms. The molecule has 3 amide bonds. The number of carbonyl (C=O) groups excluding carboxylic acids is 3. The predicted octanol–water partition coefficient (Wildman–Crippen LogP) is 2.53. The molecule has 1 saturated heterocycles. The normalized spacial score (nSPS) is 19.3. The van der Waals surface area contributed by atoms with Gasteiger partial charge in [-0.3, -0.25) is 19.3 Å². The molecule has 30 heavy (non-hydrogen) atoms. The molecule has 0 aliphatic carbocycles. The third kappa shape index (κ3) is 4.70. The van der Waals surface area contributed by atoms with Gasteiger partial charge in [0.05, 0.1) is 6.54 Å². The number of hydrogen-bond acceptors (Lipinski definition) is 6. The molecule has 2 aliphatic rings. The third-order valence-corrected chi connectivity index (χ3v) is 6.93. The van der Waals surface area contributed by atoms with Gasteiger partial charge in [0.25, 0.3) is 11.8 Å². The molecule has 1 N–H and O–H groups in total. The molecule has 0 aromatic heterocycles. The van der Waals surface area contributed by atoms with Gasteiger partial charge in [-0.25, -0.2) is 4.79 Å². The first-order chi connectivity index (χ1) is 14.1. The summed E-state index contributed by atoms with van der Waals surface area (Å²) in [7, 11) is -1.30. The van der Waals surface area contributed by atoms with Crippen molar-refractivity contribution in [1.29, 1.82) is 0 Å². The molecule has 2 aliphatic heterocycles. The molecule has 1 aromatic carbocycles. The Bertz CT molecular complexity index is 880. The summed E-state index contributed by atoms with van der Waals surface area (Å²) in [6.45, 7) is 7.03. The maximum atomic E-state index is 13.0. The van der Waals surface area contributed by atoms with Crippen LogP contribution >= 0.6 is 0 Å². The van der Waals surface area contributed by atoms with E-state index >= 15 is 0 Å². The molecule has 0 radical (unpaired) electrons. The zero-order valence-corrected chi connectivity index (χ0v) is 18.3. The maximum Gasteiger partial charge on any atom is 0.511 e. The Morgan fingerprint density at radius 1 is 1.23 bits per heavy atom. The molecule has 2 heterocycles. The smallest absolute Gasteiger partial charge is 0.449 e. The second-order valence-corrected chi connectivity index (χ2v) is 14.3. The van der Waals surface area contributed by atoms with Gasteiger partial charge in [0.2, 0.25) is 5.91 Å². The first-order valence-corrected chi connectivity index (χ1v) is 13.5. The summed E-state index contributed by atoms with van der Waals surface area (Å²) in [6, 6.07) is 4.68. The highest BCUT2D eigenvalue weighted by atomic mass is 28.3. The van der Waals surface area contributed by atoms with E-state index in [9.17, 15) is 19.2 Å². The van der Waals surface area contributed by atoms with E-state index in [1.54, 1.807) is 6.07 Å². The first kappa shape index (κ1) is 22.0. The van der Waals surface area contributed by atoms with Crippen LogP contribution in [0.4, 0.5) is 4.79 Å². The molecular weight excluding hydrogens is 408 g/mol. The molecule has 162 valence electrons. The number of carbonyl (C=O) groups is 4. The Balaban J connectivity index is 1.71. The highest BCUT2D eigenvalue weighted by molar-refractivity contribution is 6.76. The Morgan fingerprint density at radius 3 is 2.63 bits per heavy atom. The maximum absolute atomic E-state index is 13.0. The van der Waals surface area contributed by atoms with Gasteiger partial charge in [-0.2, -0.15) is 0 Å². The quantitative estimate of drug-likeness (QED) is 0.231. The van der Waals surface area contributed by atoms with Crippen molar-refractivity contribution in [3.63, 3.8) is 0 Å². The van der Waals surface area contributed by atoms with E-state index in [2.05, 4.69) is 19.6 Å². The van der Waals surface area contributed by atoms with Crippen molar-refractivity contribution in [3.05, 3.63) is 29.3 Å². The fourth-order valence-corrected chi connectivity index (χ4v) is 4.30. The Morgan fingerprint density at radius 2 is 1.97 bits per heavy atom. The SMILES string of the molecule is C[Si](C)(C)CCOCN1C(=O)CCC(N2Cc3c(OC(=O)O)cccc3C2=O)C1=O. The van der Waals surface area contributed by atoms with Crippen molar-refractivity contribution in [2.45, 2.75) is 51.1 Å². The average molecular weight is 435 g/mol. The minimum Gasteiger partial charge on any atom is -0.449 e. The van der Waals surface area contributed by atoms with Crippen LogP contribution in [0.25, 0.3) is 0 Å². The lowest BCUT2D eigenvalue weighted by Crippen LogP contribution is -2.55. The number of fused-ring (bicyclic) bond motifs is 1. The lowest BCUT2D eigenvalue weighted by molar-refractivity contribution is -0.158. The highest BCUT2D eigenvalue weighted by Crippen LogP contribution is 2.34. The van der Waals surface area contributed by atoms with Gasteiger partial charge in [-0.15, -0.1) is 0 Å². The van der Waals surface area contributed by atoms with Crippen molar-refractivity contribution in [3.8, 4) is 5.75 Å². The van der Waals surface area contributed by atoms with E-state index in [1.807, 2.05) is 0 Å². The van der Waals surface area contributed by atoms with Gasteiger partial charge >= 0.3 is 6.16 Å². The summed E-state index contributed by atoms with van der Waals surface area (Å²) in [5, 5.41) is 8.91. The number of nitrogens with zero attached hydrogens (tertiary/aromatic N) is 2. The van der Waals surface area contributed by atoms with Crippen molar-refractivity contribution >= 4 is 32.0 Å². The van der Waals surface area contributed by atoms with E-state index < -0.39 is 26.2 Å². The highest BCUT2D eigenvalue weighted by Gasteiger charge is 2.43. The van der Waals surface area contributed by atoms with Crippen LogP contribution in [0.1, 0.15) is 28.8 Å². The summed E-state index contributed by atoms with van der Waals surface area (Å²) >= 11 is 0. The minimum atomic E-state index is -1.48. The zero-order chi connectivity index (χ0) is 22.1. The Labute approximate surface area is 175 Å². The number of hydrogen-bond donors (Lipinski definition) is 1. The lowest BCUT2D eigenvalue weighted by Gasteiger charge is -2.35. The van der Waals surface area contributed by atoms with Crippen LogP contribution in [-0.4, -0.2) is 66.2 Å². The Hall–Kier alpha value is -2.72. The average Bonchev–Trinajstić information content (AvgIpc) is 2.98. The van der Waals surface area contributed by atoms with Crippen molar-refractivity contribution in [1.82, 2.24) is 9.80 Å². The van der Waals surface area contributed by atoms with Crippen molar-refractivity contribution in [2.75, 3.05) is 13.3 Å². The second-order valence-electron chi connectivity index (χ2n) is 8.65. The van der Waals surface area contributed by atoms with E-state index in [0.29, 0.717) is 17.7 Å². The molecule has 0 bridgehead atoms. The molecule has 9 nitrogen and oxygen atoms in total. The van der Waals surface area contributed by atoms with Crippen LogP contribution in [0.5, 0.6) is 5.75 Å². The predicted molar refractivity (Wildman–Crippen MR) is 109 cm³/mol. The van der Waals surface area contributed by atoms with E-state index in [0.717, 1.165) is 10.9 Å². The van der Waals surface area contributed by atoms with Crippen LogP contribution in [0, 0.1) is 0 Å². The molecule has 1 fully saturated rings. The number of imide groups is 1. The summed E-state index contributed by atoms with van der Waals surface area (Å²) in [4.78, 5) is 51.5. The van der Waals surface area contributed by atoms with Gasteiger partial charge in [0.15, 0.2) is 0 Å². The van der Waals surface area contributed by atoms with Crippen LogP contribution < -0.4 is 4.74 Å². The summed E-state index contributed by atoms with van der Waals surface area (Å²) in [5.74, 6) is -1.10. The number of amides is 3. The largest absolute Gasteiger partial charge is 0.511 e. The Kier molecular flexibility index (Phi) is 6.27. The van der Waals surface area contributed by atoms with Crippen LogP contribution in [0.3, 0.4) is 0 Å². The number of piperidine rings is 1. The van der Waals surface area contributed by atoms with Gasteiger partial charge in [-0.1, -0.05) is 25.7 Å². The molecule has 0 spiro atoms. The zero-order valence-electron chi connectivity index (χ0n) is 17.3. The summed E-state index contributed by atoms with van der Waals surface area (Å²) in [5.41, 5.74) is 0.726. The standard InChI is InChI=1S/C20H26N2O7Si/c1-30(2,3)10-9-28-12-22-17(23)8-7-15(19(22)25)21-11-14-13(18(21)24)5-4-6-16(14)29-20(26)27/h4-6,15H,7-12H2,1-3H3,(H,26,27). The number of ether oxygens (including phenoxy) is 2. The van der Waals surface area contributed by atoms with Crippen LogP contribution in [-0.2, 0) is 20.9 Å². The second kappa shape index (κ2) is 8.56. The lowest BCUT2D eigenvalue weighted by atomic mass is 10.0. The number of benzene rings is 1. The van der Waals surface area contributed by atoms with Gasteiger partial charge in [0.1, 0.15) is 18.5 Å². The summed E-state index contributed by atoms with van der Waals surface area (Å²) < 4.78 is 10.4. The number of likely N-dealkylation sites (tertiary alicyclic amines) is 1. The number of rotatable bonds is 7.